The van der Waals surface area contributed by atoms with Crippen LogP contribution in [0.4, 0.5) is 10.1 Å². The number of rotatable bonds is 2. The molecule has 0 unspecified atom stereocenters. The maximum atomic E-state index is 13.7. The van der Waals surface area contributed by atoms with E-state index in [9.17, 15) is 19.1 Å². The summed E-state index contributed by atoms with van der Waals surface area (Å²) in [5, 5.41) is 12.6. The van der Waals surface area contributed by atoms with Crippen molar-refractivity contribution < 1.29 is 19.1 Å². The lowest BCUT2D eigenvalue weighted by Crippen LogP contribution is -2.46. The van der Waals surface area contributed by atoms with Gasteiger partial charge in [0.2, 0.25) is 5.78 Å². The number of carbonyl (C=O) groups is 2. The number of anilines is 1. The van der Waals surface area contributed by atoms with Crippen LogP contribution < -0.4 is 5.32 Å². The number of halogens is 2. The fraction of sp³-hybridized carbons (Fsp3) is 0.200. The standard InChI is InChI=1S/C15H13BrFNO3/c1-8-5-13(19)15(2,21)14(20)10(8)7-18-12-4-3-9(16)6-11(12)17/h3-7,18,21H,1-2H3/b10-7-/t15-/m1/s1. The van der Waals surface area contributed by atoms with Gasteiger partial charge in [-0.1, -0.05) is 15.9 Å². The molecule has 110 valence electrons. The Hall–Kier alpha value is -1.79. The van der Waals surface area contributed by atoms with E-state index >= 15 is 0 Å². The summed E-state index contributed by atoms with van der Waals surface area (Å²) in [5.74, 6) is -1.86. The Labute approximate surface area is 129 Å². The highest BCUT2D eigenvalue weighted by Crippen LogP contribution is 2.26. The molecule has 0 bridgehead atoms. The molecule has 6 heteroatoms. The lowest BCUT2D eigenvalue weighted by Gasteiger charge is -2.25. The van der Waals surface area contributed by atoms with Crippen molar-refractivity contribution in [3.8, 4) is 0 Å². The van der Waals surface area contributed by atoms with Crippen LogP contribution in [0.2, 0.25) is 0 Å². The van der Waals surface area contributed by atoms with Crippen LogP contribution >= 0.6 is 15.9 Å². The molecule has 0 radical (unpaired) electrons. The lowest BCUT2D eigenvalue weighted by molar-refractivity contribution is -0.144. The van der Waals surface area contributed by atoms with Gasteiger partial charge >= 0.3 is 0 Å². The van der Waals surface area contributed by atoms with E-state index in [0.29, 0.717) is 10.0 Å². The van der Waals surface area contributed by atoms with Gasteiger partial charge in [-0.05, 0) is 43.7 Å². The second kappa shape index (κ2) is 5.54. The fourth-order valence-corrected chi connectivity index (χ4v) is 2.24. The van der Waals surface area contributed by atoms with Crippen molar-refractivity contribution in [2.45, 2.75) is 19.4 Å². The Morgan fingerprint density at radius 1 is 1.38 bits per heavy atom. The first-order valence-corrected chi connectivity index (χ1v) is 6.95. The maximum absolute atomic E-state index is 13.7. The topological polar surface area (TPSA) is 66.4 Å². The van der Waals surface area contributed by atoms with Crippen molar-refractivity contribution >= 4 is 33.2 Å². The predicted octanol–water partition coefficient (Wildman–Crippen LogP) is 2.73. The second-order valence-corrected chi connectivity index (χ2v) is 5.84. The van der Waals surface area contributed by atoms with E-state index in [-0.39, 0.29) is 11.3 Å². The second-order valence-electron chi connectivity index (χ2n) is 4.92. The Morgan fingerprint density at radius 3 is 2.67 bits per heavy atom. The van der Waals surface area contributed by atoms with Gasteiger partial charge in [0.25, 0.3) is 0 Å². The first kappa shape index (κ1) is 15.6. The molecule has 0 amide bonds. The van der Waals surface area contributed by atoms with Crippen LogP contribution in [0.5, 0.6) is 0 Å². The minimum Gasteiger partial charge on any atom is -0.374 e. The van der Waals surface area contributed by atoms with Crippen molar-refractivity contribution in [2.24, 2.45) is 0 Å². The molecule has 1 atom stereocenters. The van der Waals surface area contributed by atoms with Gasteiger partial charge in [-0.3, -0.25) is 9.59 Å². The molecule has 21 heavy (non-hydrogen) atoms. The average Bonchev–Trinajstić information content (AvgIpc) is 2.39. The molecule has 1 aromatic carbocycles. The molecule has 2 N–H and O–H groups in total. The van der Waals surface area contributed by atoms with E-state index < -0.39 is 23.0 Å². The Balaban J connectivity index is 2.34. The molecule has 0 aliphatic heterocycles. The van der Waals surface area contributed by atoms with Crippen molar-refractivity contribution in [2.75, 3.05) is 5.32 Å². The average molecular weight is 354 g/mol. The van der Waals surface area contributed by atoms with Crippen molar-refractivity contribution in [3.05, 3.63) is 51.9 Å². The predicted molar refractivity (Wildman–Crippen MR) is 80.2 cm³/mol. The molecule has 1 aliphatic rings. The highest BCUT2D eigenvalue weighted by atomic mass is 79.9. The first-order chi connectivity index (χ1) is 9.73. The Bertz CT molecular complexity index is 692. The fourth-order valence-electron chi connectivity index (χ4n) is 1.90. The van der Waals surface area contributed by atoms with Crippen molar-refractivity contribution in [3.63, 3.8) is 0 Å². The Kier molecular flexibility index (Phi) is 4.11. The molecule has 0 aromatic heterocycles. The zero-order chi connectivity index (χ0) is 15.8. The highest BCUT2D eigenvalue weighted by Gasteiger charge is 2.42. The summed E-state index contributed by atoms with van der Waals surface area (Å²) < 4.78 is 14.3. The number of benzene rings is 1. The molecule has 0 saturated carbocycles. The van der Waals surface area contributed by atoms with E-state index in [2.05, 4.69) is 21.2 Å². The first-order valence-electron chi connectivity index (χ1n) is 6.15. The zero-order valence-electron chi connectivity index (χ0n) is 11.4. The van der Waals surface area contributed by atoms with Crippen LogP contribution in [0.3, 0.4) is 0 Å². The third-order valence-electron chi connectivity index (χ3n) is 3.24. The molecule has 4 nitrogen and oxygen atoms in total. The van der Waals surface area contributed by atoms with Crippen LogP contribution in [-0.2, 0) is 9.59 Å². The molecule has 0 heterocycles. The number of aliphatic hydroxyl groups is 1. The van der Waals surface area contributed by atoms with Crippen molar-refractivity contribution in [1.29, 1.82) is 0 Å². The van der Waals surface area contributed by atoms with Gasteiger partial charge in [0.1, 0.15) is 5.82 Å². The normalized spacial score (nSPS) is 24.2. The largest absolute Gasteiger partial charge is 0.374 e. The number of hydrogen-bond donors (Lipinski definition) is 2. The summed E-state index contributed by atoms with van der Waals surface area (Å²) in [5.41, 5.74) is -1.34. The summed E-state index contributed by atoms with van der Waals surface area (Å²) in [6.07, 6.45) is 2.49. The Morgan fingerprint density at radius 2 is 2.05 bits per heavy atom. The van der Waals surface area contributed by atoms with Gasteiger partial charge in [0.15, 0.2) is 11.4 Å². The van der Waals surface area contributed by atoms with E-state index in [1.165, 1.54) is 24.4 Å². The van der Waals surface area contributed by atoms with E-state index in [1.54, 1.807) is 13.0 Å². The van der Waals surface area contributed by atoms with Gasteiger partial charge in [-0.15, -0.1) is 0 Å². The van der Waals surface area contributed by atoms with E-state index in [0.717, 1.165) is 6.92 Å². The minimum absolute atomic E-state index is 0.141. The number of allylic oxidation sites excluding steroid dienone is 1. The number of ketones is 2. The summed E-state index contributed by atoms with van der Waals surface area (Å²) in [4.78, 5) is 23.7. The van der Waals surface area contributed by atoms with Gasteiger partial charge in [-0.25, -0.2) is 4.39 Å². The number of carbonyl (C=O) groups excluding carboxylic acids is 2. The summed E-state index contributed by atoms with van der Waals surface area (Å²) in [6.45, 7) is 2.73. The molecule has 0 spiro atoms. The summed E-state index contributed by atoms with van der Waals surface area (Å²) in [7, 11) is 0. The number of nitrogens with one attached hydrogen (secondary N) is 1. The smallest absolute Gasteiger partial charge is 0.203 e. The number of Topliss-reactive ketones (excluding diaryl/α,β-unsaturated/α-hetero) is 1. The zero-order valence-corrected chi connectivity index (χ0v) is 13.0. The molecule has 1 aliphatic carbocycles. The summed E-state index contributed by atoms with van der Waals surface area (Å²) in [6, 6.07) is 4.44. The minimum atomic E-state index is -2.08. The molecular formula is C15H13BrFNO3. The van der Waals surface area contributed by atoms with Gasteiger partial charge < -0.3 is 10.4 Å². The molecule has 2 rings (SSSR count). The van der Waals surface area contributed by atoms with Crippen LogP contribution in [0.25, 0.3) is 0 Å². The van der Waals surface area contributed by atoms with Gasteiger partial charge in [0.05, 0.1) is 5.69 Å². The van der Waals surface area contributed by atoms with Crippen LogP contribution in [0.15, 0.2) is 46.1 Å². The molecular weight excluding hydrogens is 341 g/mol. The molecule has 0 fully saturated rings. The van der Waals surface area contributed by atoms with E-state index in [4.69, 9.17) is 0 Å². The van der Waals surface area contributed by atoms with Crippen LogP contribution in [0, 0.1) is 5.82 Å². The third kappa shape index (κ3) is 2.96. The molecule has 0 saturated heterocycles. The maximum Gasteiger partial charge on any atom is 0.203 e. The monoisotopic (exact) mass is 353 g/mol. The lowest BCUT2D eigenvalue weighted by atomic mass is 9.82. The molecule has 1 aromatic rings. The third-order valence-corrected chi connectivity index (χ3v) is 3.74. The summed E-state index contributed by atoms with van der Waals surface area (Å²) >= 11 is 3.15. The number of hydrogen-bond acceptors (Lipinski definition) is 4. The van der Waals surface area contributed by atoms with Gasteiger partial charge in [-0.2, -0.15) is 0 Å². The SMILES string of the molecule is CC1=CC(=O)[C@@](C)(O)C(=O)/C1=C\Nc1ccc(Br)cc1F. The highest BCUT2D eigenvalue weighted by molar-refractivity contribution is 9.10. The quantitative estimate of drug-likeness (QED) is 0.633. The van der Waals surface area contributed by atoms with Crippen LogP contribution in [-0.4, -0.2) is 22.3 Å². The van der Waals surface area contributed by atoms with Gasteiger partial charge in [0, 0.05) is 16.2 Å². The van der Waals surface area contributed by atoms with E-state index in [1.807, 2.05) is 0 Å². The van der Waals surface area contributed by atoms with Crippen LogP contribution in [0.1, 0.15) is 13.8 Å². The van der Waals surface area contributed by atoms with Crippen molar-refractivity contribution in [1.82, 2.24) is 0 Å².